The van der Waals surface area contributed by atoms with Gasteiger partial charge in [-0.05, 0) is 38.3 Å². The number of methoxy groups -OCH3 is 1. The van der Waals surface area contributed by atoms with Crippen LogP contribution < -0.4 is 10.1 Å². The predicted molar refractivity (Wildman–Crippen MR) is 109 cm³/mol. The van der Waals surface area contributed by atoms with E-state index in [-0.39, 0.29) is 11.9 Å². The Morgan fingerprint density at radius 3 is 2.37 bits per heavy atom. The number of rotatable bonds is 6. The van der Waals surface area contributed by atoms with Gasteiger partial charge in [0, 0.05) is 31.2 Å². The number of benzene rings is 2. The molecule has 0 bridgehead atoms. The molecule has 0 radical (unpaired) electrons. The molecule has 0 spiro atoms. The van der Waals surface area contributed by atoms with Crippen molar-refractivity contribution in [1.82, 2.24) is 10.2 Å². The zero-order chi connectivity index (χ0) is 19.3. The van der Waals surface area contributed by atoms with Crippen LogP contribution in [0.5, 0.6) is 5.75 Å². The summed E-state index contributed by atoms with van der Waals surface area (Å²) in [7, 11) is 1.72. The fourth-order valence-electron chi connectivity index (χ4n) is 3.66. The van der Waals surface area contributed by atoms with Gasteiger partial charge in [-0.15, -0.1) is 0 Å². The van der Waals surface area contributed by atoms with Crippen LogP contribution in [-0.4, -0.2) is 37.0 Å². The van der Waals surface area contributed by atoms with Crippen molar-refractivity contribution < 1.29 is 9.53 Å². The maximum atomic E-state index is 12.8. The summed E-state index contributed by atoms with van der Waals surface area (Å²) in [6.07, 6.45) is 1.96. The summed E-state index contributed by atoms with van der Waals surface area (Å²) in [6.45, 7) is 6.84. The fraction of sp³-hybridized carbons (Fsp3) is 0.435. The third kappa shape index (κ3) is 4.69. The van der Waals surface area contributed by atoms with Crippen molar-refractivity contribution in [3.05, 3.63) is 65.7 Å². The molecule has 1 aliphatic rings. The maximum Gasteiger partial charge on any atom is 0.230 e. The molecule has 1 heterocycles. The van der Waals surface area contributed by atoms with Gasteiger partial charge in [-0.1, -0.05) is 48.5 Å². The van der Waals surface area contributed by atoms with Gasteiger partial charge in [-0.2, -0.15) is 0 Å². The van der Waals surface area contributed by atoms with Crippen LogP contribution in [-0.2, 0) is 16.8 Å². The van der Waals surface area contributed by atoms with Gasteiger partial charge in [0.2, 0.25) is 5.91 Å². The second kappa shape index (κ2) is 8.57. The highest BCUT2D eigenvalue weighted by Crippen LogP contribution is 2.25. The average molecular weight is 367 g/mol. The van der Waals surface area contributed by atoms with E-state index in [4.69, 9.17) is 4.74 Å². The van der Waals surface area contributed by atoms with Crippen molar-refractivity contribution in [2.75, 3.05) is 20.2 Å². The summed E-state index contributed by atoms with van der Waals surface area (Å²) < 4.78 is 5.46. The van der Waals surface area contributed by atoms with Gasteiger partial charge >= 0.3 is 0 Å². The standard InChI is InChI=1S/C23H30N2O2/c1-23(2,19-10-5-4-6-11-19)22(26)24-20-13-15-25(16-14-20)17-18-9-7-8-12-21(18)27-3/h4-12,20H,13-17H2,1-3H3,(H,24,26). The minimum Gasteiger partial charge on any atom is -0.496 e. The normalized spacial score (nSPS) is 16.1. The number of amides is 1. The van der Waals surface area contributed by atoms with E-state index in [0.717, 1.165) is 43.8 Å². The smallest absolute Gasteiger partial charge is 0.230 e. The molecule has 27 heavy (non-hydrogen) atoms. The van der Waals surface area contributed by atoms with E-state index in [1.54, 1.807) is 7.11 Å². The fourth-order valence-corrected chi connectivity index (χ4v) is 3.66. The Bertz CT molecular complexity index is 750. The monoisotopic (exact) mass is 366 g/mol. The Kier molecular flexibility index (Phi) is 6.17. The topological polar surface area (TPSA) is 41.6 Å². The Hall–Kier alpha value is -2.33. The van der Waals surface area contributed by atoms with Crippen LogP contribution in [0.2, 0.25) is 0 Å². The first-order valence-corrected chi connectivity index (χ1v) is 9.71. The van der Waals surface area contributed by atoms with Gasteiger partial charge in [0.05, 0.1) is 12.5 Å². The van der Waals surface area contributed by atoms with Crippen LogP contribution >= 0.6 is 0 Å². The van der Waals surface area contributed by atoms with Crippen molar-refractivity contribution in [2.24, 2.45) is 0 Å². The molecule has 1 saturated heterocycles. The van der Waals surface area contributed by atoms with Gasteiger partial charge < -0.3 is 10.1 Å². The predicted octanol–water partition coefficient (Wildman–Crippen LogP) is 3.75. The lowest BCUT2D eigenvalue weighted by atomic mass is 9.83. The highest BCUT2D eigenvalue weighted by molar-refractivity contribution is 5.87. The molecule has 2 aromatic rings. The Balaban J connectivity index is 1.53. The van der Waals surface area contributed by atoms with Gasteiger partial charge in [0.15, 0.2) is 0 Å². The molecule has 1 aliphatic heterocycles. The molecule has 1 fully saturated rings. The van der Waals surface area contributed by atoms with Crippen molar-refractivity contribution in [3.63, 3.8) is 0 Å². The van der Waals surface area contributed by atoms with Crippen LogP contribution in [0, 0.1) is 0 Å². The molecule has 0 atom stereocenters. The molecule has 2 aromatic carbocycles. The molecule has 1 amide bonds. The van der Waals surface area contributed by atoms with E-state index in [9.17, 15) is 4.79 Å². The summed E-state index contributed by atoms with van der Waals surface area (Å²) >= 11 is 0. The molecule has 0 aromatic heterocycles. The third-order valence-electron chi connectivity index (χ3n) is 5.57. The number of nitrogens with zero attached hydrogens (tertiary/aromatic N) is 1. The highest BCUT2D eigenvalue weighted by Gasteiger charge is 2.32. The van der Waals surface area contributed by atoms with E-state index in [1.165, 1.54) is 5.56 Å². The van der Waals surface area contributed by atoms with Gasteiger partial charge in [0.1, 0.15) is 5.75 Å². The lowest BCUT2D eigenvalue weighted by Crippen LogP contribution is -2.49. The molecule has 144 valence electrons. The van der Waals surface area contributed by atoms with Crippen LogP contribution in [0.1, 0.15) is 37.8 Å². The summed E-state index contributed by atoms with van der Waals surface area (Å²) in [6, 6.07) is 18.4. The molecule has 4 nitrogen and oxygen atoms in total. The first-order chi connectivity index (χ1) is 13.0. The van der Waals surface area contributed by atoms with Crippen LogP contribution in [0.15, 0.2) is 54.6 Å². The molecule has 0 saturated carbocycles. The number of hydrogen-bond donors (Lipinski definition) is 1. The van der Waals surface area contributed by atoms with E-state index in [2.05, 4.69) is 22.3 Å². The van der Waals surface area contributed by atoms with Crippen LogP contribution in [0.4, 0.5) is 0 Å². The molecule has 1 N–H and O–H groups in total. The van der Waals surface area contributed by atoms with Crippen molar-refractivity contribution in [1.29, 1.82) is 0 Å². The Morgan fingerprint density at radius 2 is 1.70 bits per heavy atom. The lowest BCUT2D eigenvalue weighted by molar-refractivity contribution is -0.126. The summed E-state index contributed by atoms with van der Waals surface area (Å²) in [5, 5.41) is 3.27. The first-order valence-electron chi connectivity index (χ1n) is 9.71. The third-order valence-corrected chi connectivity index (χ3v) is 5.57. The van der Waals surface area contributed by atoms with Crippen molar-refractivity contribution >= 4 is 5.91 Å². The average Bonchev–Trinajstić information content (AvgIpc) is 2.70. The number of piperidine rings is 1. The number of ether oxygens (including phenoxy) is 1. The van der Waals surface area contributed by atoms with Gasteiger partial charge in [-0.3, -0.25) is 9.69 Å². The minimum atomic E-state index is -0.518. The van der Waals surface area contributed by atoms with Gasteiger partial charge in [0.25, 0.3) is 0 Å². The zero-order valence-corrected chi connectivity index (χ0v) is 16.6. The zero-order valence-electron chi connectivity index (χ0n) is 16.6. The van der Waals surface area contributed by atoms with Crippen LogP contribution in [0.3, 0.4) is 0 Å². The molecule has 0 aliphatic carbocycles. The van der Waals surface area contributed by atoms with E-state index in [1.807, 2.05) is 56.3 Å². The number of carbonyl (C=O) groups is 1. The number of hydrogen-bond acceptors (Lipinski definition) is 3. The summed E-state index contributed by atoms with van der Waals surface area (Å²) in [5.41, 5.74) is 1.75. The van der Waals surface area contributed by atoms with E-state index in [0.29, 0.717) is 0 Å². The molecule has 3 rings (SSSR count). The summed E-state index contributed by atoms with van der Waals surface area (Å²) in [4.78, 5) is 15.3. The number of para-hydroxylation sites is 1. The quantitative estimate of drug-likeness (QED) is 0.846. The van der Waals surface area contributed by atoms with Crippen molar-refractivity contribution in [3.8, 4) is 5.75 Å². The maximum absolute atomic E-state index is 12.8. The molecule has 0 unspecified atom stereocenters. The summed E-state index contributed by atoms with van der Waals surface area (Å²) in [5.74, 6) is 1.05. The molecular weight excluding hydrogens is 336 g/mol. The molecule has 4 heteroatoms. The SMILES string of the molecule is COc1ccccc1CN1CCC(NC(=O)C(C)(C)c2ccccc2)CC1. The second-order valence-electron chi connectivity index (χ2n) is 7.83. The largest absolute Gasteiger partial charge is 0.496 e. The number of nitrogens with one attached hydrogen (secondary N) is 1. The lowest BCUT2D eigenvalue weighted by Gasteiger charge is -2.34. The van der Waals surface area contributed by atoms with Gasteiger partial charge in [-0.25, -0.2) is 0 Å². The number of likely N-dealkylation sites (tertiary alicyclic amines) is 1. The Morgan fingerprint density at radius 1 is 1.07 bits per heavy atom. The highest BCUT2D eigenvalue weighted by atomic mass is 16.5. The second-order valence-corrected chi connectivity index (χ2v) is 7.83. The molecular formula is C23H30N2O2. The van der Waals surface area contributed by atoms with Crippen LogP contribution in [0.25, 0.3) is 0 Å². The first kappa shape index (κ1) is 19.4. The minimum absolute atomic E-state index is 0.108. The Labute approximate surface area is 162 Å². The van der Waals surface area contributed by atoms with Crippen molar-refractivity contribution in [2.45, 2.75) is 44.7 Å². The van der Waals surface area contributed by atoms with E-state index >= 15 is 0 Å². The van der Waals surface area contributed by atoms with E-state index < -0.39 is 5.41 Å². The number of carbonyl (C=O) groups excluding carboxylic acids is 1.